The van der Waals surface area contributed by atoms with E-state index in [2.05, 4.69) is 19.2 Å². The molecule has 0 bridgehead atoms. The number of hydrogen-bond acceptors (Lipinski definition) is 5. The Kier molecular flexibility index (Phi) is 9.98. The number of anilines is 2. The third-order valence-corrected chi connectivity index (χ3v) is 6.53. The zero-order valence-corrected chi connectivity index (χ0v) is 22.6. The maximum Gasteiger partial charge on any atom is 0.303 e. The van der Waals surface area contributed by atoms with Gasteiger partial charge in [0.25, 0.3) is 0 Å². The Morgan fingerprint density at radius 1 is 0.973 bits per heavy atom. The highest BCUT2D eigenvalue weighted by Gasteiger charge is 2.15. The highest BCUT2D eigenvalue weighted by molar-refractivity contribution is 6.33. The number of nitrogens with zero attached hydrogens (tertiary/aromatic N) is 1. The highest BCUT2D eigenvalue weighted by atomic mass is 35.5. The van der Waals surface area contributed by atoms with Crippen molar-refractivity contribution in [2.24, 2.45) is 5.92 Å². The molecule has 0 spiro atoms. The van der Waals surface area contributed by atoms with Crippen molar-refractivity contribution in [1.29, 1.82) is 0 Å². The Morgan fingerprint density at radius 2 is 1.65 bits per heavy atom. The van der Waals surface area contributed by atoms with E-state index in [1.807, 2.05) is 73.6 Å². The van der Waals surface area contributed by atoms with Crippen molar-refractivity contribution in [2.45, 2.75) is 39.2 Å². The molecule has 0 fully saturated rings. The maximum absolute atomic E-state index is 12.3. The molecule has 0 unspecified atom stereocenters. The maximum atomic E-state index is 12.3. The van der Waals surface area contributed by atoms with E-state index in [9.17, 15) is 9.59 Å². The van der Waals surface area contributed by atoms with Crippen molar-refractivity contribution in [1.82, 2.24) is 0 Å². The smallest absolute Gasteiger partial charge is 0.303 e. The first-order valence-electron chi connectivity index (χ1n) is 12.5. The largest absolute Gasteiger partial charge is 0.491 e. The lowest BCUT2D eigenvalue weighted by Crippen LogP contribution is -2.32. The van der Waals surface area contributed by atoms with Crippen molar-refractivity contribution in [3.05, 3.63) is 77.3 Å². The van der Waals surface area contributed by atoms with Gasteiger partial charge in [-0.15, -0.1) is 0 Å². The minimum Gasteiger partial charge on any atom is -0.491 e. The van der Waals surface area contributed by atoms with Crippen molar-refractivity contribution in [3.63, 3.8) is 0 Å². The number of hydrogen-bond donors (Lipinski definition) is 2. The number of rotatable bonds is 13. The molecule has 0 aromatic heterocycles. The van der Waals surface area contributed by atoms with Crippen LogP contribution in [0.5, 0.6) is 5.75 Å². The Bertz CT molecular complexity index is 1190. The third kappa shape index (κ3) is 8.25. The van der Waals surface area contributed by atoms with Gasteiger partial charge in [-0.2, -0.15) is 0 Å². The molecule has 0 aliphatic heterocycles. The molecule has 3 aromatic rings. The van der Waals surface area contributed by atoms with E-state index < -0.39 is 5.97 Å². The van der Waals surface area contributed by atoms with Crippen LogP contribution >= 0.6 is 11.6 Å². The third-order valence-electron chi connectivity index (χ3n) is 6.22. The number of benzene rings is 3. The summed E-state index contributed by atoms with van der Waals surface area (Å²) in [6, 6.07) is 21.3. The summed E-state index contributed by atoms with van der Waals surface area (Å²) in [5, 5.41) is 12.9. The molecule has 2 N–H and O–H groups in total. The molecule has 0 saturated heterocycles. The fourth-order valence-electron chi connectivity index (χ4n) is 3.84. The van der Waals surface area contributed by atoms with Crippen LogP contribution in [-0.4, -0.2) is 43.6 Å². The van der Waals surface area contributed by atoms with Crippen LogP contribution in [-0.2, 0) is 4.79 Å². The standard InChI is InChI=1S/C30H35ClN2O4/c1-20(2)28(32-23-12-8-22(9-13-23)29(34)6-5-7-30(35)36)19-37-25-15-10-21(11-16-25)26-17-14-24(33(3)4)18-27(26)31/h8-18,20,28,32H,5-7,19H2,1-4H3,(H,35,36)/t28-/m1/s1. The molecule has 196 valence electrons. The first kappa shape index (κ1) is 28.1. The molecule has 6 nitrogen and oxygen atoms in total. The van der Waals surface area contributed by atoms with Gasteiger partial charge in [0.1, 0.15) is 12.4 Å². The Hall–Kier alpha value is -3.51. The van der Waals surface area contributed by atoms with Gasteiger partial charge in [-0.1, -0.05) is 43.6 Å². The SMILES string of the molecule is CC(C)[C@@H](COc1ccc(-c2ccc(N(C)C)cc2Cl)cc1)Nc1ccc(C(=O)CCCC(=O)O)cc1. The molecule has 3 rings (SSSR count). The summed E-state index contributed by atoms with van der Waals surface area (Å²) in [5.74, 6) is 0.157. The average Bonchev–Trinajstić information content (AvgIpc) is 2.86. The summed E-state index contributed by atoms with van der Waals surface area (Å²) >= 11 is 6.52. The average molecular weight is 523 g/mol. The zero-order chi connectivity index (χ0) is 26.9. The van der Waals surface area contributed by atoms with Crippen LogP contribution in [0.2, 0.25) is 5.02 Å². The lowest BCUT2D eigenvalue weighted by Gasteiger charge is -2.24. The number of halogens is 1. The van der Waals surface area contributed by atoms with Gasteiger partial charge >= 0.3 is 5.97 Å². The van der Waals surface area contributed by atoms with Gasteiger partial charge in [-0.25, -0.2) is 0 Å². The number of ketones is 1. The highest BCUT2D eigenvalue weighted by Crippen LogP contribution is 2.32. The van der Waals surface area contributed by atoms with Crippen LogP contribution < -0.4 is 15.0 Å². The summed E-state index contributed by atoms with van der Waals surface area (Å²) < 4.78 is 6.09. The molecular weight excluding hydrogens is 488 g/mol. The number of carboxylic acid groups (broad SMARTS) is 1. The van der Waals surface area contributed by atoms with E-state index in [1.165, 1.54) is 0 Å². The number of carboxylic acids is 1. The lowest BCUT2D eigenvalue weighted by atomic mass is 10.0. The molecule has 0 aliphatic rings. The van der Waals surface area contributed by atoms with Gasteiger partial charge in [-0.05, 0) is 66.4 Å². The van der Waals surface area contributed by atoms with Crippen LogP contribution in [0.1, 0.15) is 43.5 Å². The van der Waals surface area contributed by atoms with Crippen LogP contribution in [0.4, 0.5) is 11.4 Å². The number of carbonyl (C=O) groups is 2. The molecule has 0 aliphatic carbocycles. The van der Waals surface area contributed by atoms with Crippen LogP contribution in [0, 0.1) is 5.92 Å². The van der Waals surface area contributed by atoms with E-state index in [0.717, 1.165) is 28.3 Å². The monoisotopic (exact) mass is 522 g/mol. The molecule has 3 aromatic carbocycles. The Balaban J connectivity index is 1.57. The number of ether oxygens (including phenoxy) is 1. The lowest BCUT2D eigenvalue weighted by molar-refractivity contribution is -0.137. The molecule has 1 atom stereocenters. The molecular formula is C30H35ClN2O4. The molecule has 7 heteroatoms. The van der Waals surface area contributed by atoms with Crippen molar-refractivity contribution >= 4 is 34.7 Å². The fourth-order valence-corrected chi connectivity index (χ4v) is 4.13. The minimum atomic E-state index is -0.885. The number of carbonyl (C=O) groups excluding carboxylic acids is 1. The molecule has 0 radical (unpaired) electrons. The topological polar surface area (TPSA) is 78.9 Å². The van der Waals surface area contributed by atoms with Crippen molar-refractivity contribution in [3.8, 4) is 16.9 Å². The van der Waals surface area contributed by atoms with Crippen LogP contribution in [0.25, 0.3) is 11.1 Å². The van der Waals surface area contributed by atoms with Gasteiger partial charge < -0.3 is 20.1 Å². The van der Waals surface area contributed by atoms with Gasteiger partial charge in [0.05, 0.1) is 11.1 Å². The van der Waals surface area contributed by atoms with E-state index in [4.69, 9.17) is 21.4 Å². The number of aliphatic carboxylic acids is 1. The summed E-state index contributed by atoms with van der Waals surface area (Å²) in [6.45, 7) is 4.74. The van der Waals surface area contributed by atoms with Crippen LogP contribution in [0.15, 0.2) is 66.7 Å². The van der Waals surface area contributed by atoms with Gasteiger partial charge in [0, 0.05) is 49.4 Å². The summed E-state index contributed by atoms with van der Waals surface area (Å²) in [4.78, 5) is 24.9. The number of Topliss-reactive ketones (excluding diaryl/α,β-unsaturated/α-hetero) is 1. The van der Waals surface area contributed by atoms with Gasteiger partial charge in [0.15, 0.2) is 5.78 Å². The predicted octanol–water partition coefficient (Wildman–Crippen LogP) is 7.03. The van der Waals surface area contributed by atoms with E-state index >= 15 is 0 Å². The predicted molar refractivity (Wildman–Crippen MR) is 151 cm³/mol. The first-order valence-corrected chi connectivity index (χ1v) is 12.8. The second-order valence-electron chi connectivity index (χ2n) is 9.64. The normalized spacial score (nSPS) is 11.7. The molecule has 0 heterocycles. The second-order valence-corrected chi connectivity index (χ2v) is 10.0. The van der Waals surface area contributed by atoms with E-state index in [0.29, 0.717) is 29.5 Å². The summed E-state index contributed by atoms with van der Waals surface area (Å²) in [5.41, 5.74) is 4.54. The second kappa shape index (κ2) is 13.2. The molecule has 0 saturated carbocycles. The molecule has 37 heavy (non-hydrogen) atoms. The van der Waals surface area contributed by atoms with E-state index in [-0.39, 0.29) is 24.7 Å². The molecule has 0 amide bonds. The van der Waals surface area contributed by atoms with Gasteiger partial charge in [0.2, 0.25) is 0 Å². The van der Waals surface area contributed by atoms with Gasteiger partial charge in [-0.3, -0.25) is 9.59 Å². The minimum absolute atomic E-state index is 0.00178. The zero-order valence-electron chi connectivity index (χ0n) is 21.8. The van der Waals surface area contributed by atoms with Crippen molar-refractivity contribution < 1.29 is 19.4 Å². The van der Waals surface area contributed by atoms with E-state index in [1.54, 1.807) is 12.1 Å². The Labute approximate surface area is 224 Å². The van der Waals surface area contributed by atoms with Crippen molar-refractivity contribution in [2.75, 3.05) is 30.9 Å². The summed E-state index contributed by atoms with van der Waals surface area (Å²) in [6.07, 6.45) is 0.577. The first-order chi connectivity index (χ1) is 17.6. The summed E-state index contributed by atoms with van der Waals surface area (Å²) in [7, 11) is 3.97. The Morgan fingerprint density at radius 3 is 2.22 bits per heavy atom. The number of nitrogens with one attached hydrogen (secondary N) is 1. The fraction of sp³-hybridized carbons (Fsp3) is 0.333. The van der Waals surface area contributed by atoms with Crippen LogP contribution in [0.3, 0.4) is 0 Å². The quantitative estimate of drug-likeness (QED) is 0.235.